The molecule has 1 saturated carbocycles. The predicted octanol–water partition coefficient (Wildman–Crippen LogP) is 5.25. The van der Waals surface area contributed by atoms with Crippen molar-refractivity contribution in [3.63, 3.8) is 0 Å². The van der Waals surface area contributed by atoms with E-state index in [1.807, 2.05) is 36.4 Å². The summed E-state index contributed by atoms with van der Waals surface area (Å²) in [5, 5.41) is 9.39. The first kappa shape index (κ1) is 19.8. The van der Waals surface area contributed by atoms with Crippen LogP contribution in [0.25, 0.3) is 0 Å². The van der Waals surface area contributed by atoms with Gasteiger partial charge >= 0.3 is 5.97 Å². The second-order valence-electron chi connectivity index (χ2n) is 8.38. The van der Waals surface area contributed by atoms with E-state index in [-0.39, 0.29) is 23.5 Å². The van der Waals surface area contributed by atoms with E-state index >= 15 is 0 Å². The lowest BCUT2D eigenvalue weighted by Gasteiger charge is -2.44. The van der Waals surface area contributed by atoms with Crippen LogP contribution in [0.3, 0.4) is 0 Å². The Kier molecular flexibility index (Phi) is 5.20. The second kappa shape index (κ2) is 8.16. The lowest BCUT2D eigenvalue weighted by Crippen LogP contribution is -2.55. The van der Waals surface area contributed by atoms with Gasteiger partial charge in [0.25, 0.3) is 0 Å². The number of nitrogens with zero attached hydrogens (tertiary/aromatic N) is 1. The highest BCUT2D eigenvalue weighted by Crippen LogP contribution is 2.43. The number of aromatic carboxylic acids is 1. The molecule has 2 aliphatic rings. The third-order valence-electron chi connectivity index (χ3n) is 6.11. The van der Waals surface area contributed by atoms with Crippen LogP contribution in [0.1, 0.15) is 51.8 Å². The van der Waals surface area contributed by atoms with Crippen molar-refractivity contribution in [1.29, 1.82) is 0 Å². The molecule has 1 aliphatic heterocycles. The van der Waals surface area contributed by atoms with E-state index in [9.17, 15) is 14.3 Å². The molecule has 3 aromatic rings. The summed E-state index contributed by atoms with van der Waals surface area (Å²) in [6.07, 6.45) is 1.84. The van der Waals surface area contributed by atoms with Gasteiger partial charge in [-0.15, -0.1) is 0 Å². The molecule has 2 fully saturated rings. The Labute approximate surface area is 180 Å². The smallest absolute Gasteiger partial charge is 0.338 e. The third-order valence-corrected chi connectivity index (χ3v) is 6.11. The highest BCUT2D eigenvalue weighted by Gasteiger charge is 2.36. The van der Waals surface area contributed by atoms with Crippen LogP contribution >= 0.6 is 0 Å². The molecule has 1 aliphatic carbocycles. The summed E-state index contributed by atoms with van der Waals surface area (Å²) < 4.78 is 20.7. The average molecular weight is 417 g/mol. The lowest BCUT2D eigenvalue weighted by atomic mass is 9.94. The Bertz CT molecular complexity index is 1040. The van der Waals surface area contributed by atoms with E-state index in [0.717, 1.165) is 18.4 Å². The molecule has 4 nitrogen and oxygen atoms in total. The van der Waals surface area contributed by atoms with Crippen LogP contribution in [0.15, 0.2) is 72.8 Å². The van der Waals surface area contributed by atoms with Crippen molar-refractivity contribution in [2.45, 2.75) is 30.9 Å². The number of carboxylic acids is 1. The Balaban J connectivity index is 1.35. The number of carbonyl (C=O) groups is 1. The van der Waals surface area contributed by atoms with Crippen molar-refractivity contribution in [3.05, 3.63) is 101 Å². The minimum atomic E-state index is -1.26. The minimum absolute atomic E-state index is 0.0578. The summed E-state index contributed by atoms with van der Waals surface area (Å²) in [7, 11) is 0. The summed E-state index contributed by atoms with van der Waals surface area (Å²) in [5.41, 5.74) is 2.95. The normalized spacial score (nSPS) is 16.8. The molecular formula is C26H24FNO3. The molecule has 3 aromatic carbocycles. The van der Waals surface area contributed by atoms with Crippen LogP contribution in [0, 0.1) is 5.82 Å². The van der Waals surface area contributed by atoms with E-state index < -0.39 is 11.8 Å². The van der Waals surface area contributed by atoms with Gasteiger partial charge in [0, 0.05) is 13.1 Å². The van der Waals surface area contributed by atoms with Crippen LogP contribution in [0.5, 0.6) is 5.75 Å². The van der Waals surface area contributed by atoms with Gasteiger partial charge < -0.3 is 9.84 Å². The fraction of sp³-hybridized carbons (Fsp3) is 0.269. The monoisotopic (exact) mass is 417 g/mol. The Morgan fingerprint density at radius 3 is 2.06 bits per heavy atom. The van der Waals surface area contributed by atoms with Gasteiger partial charge in [-0.3, -0.25) is 4.90 Å². The molecule has 1 heterocycles. The number of ether oxygens (including phenoxy) is 1. The van der Waals surface area contributed by atoms with Crippen LogP contribution in [0.2, 0.25) is 0 Å². The van der Waals surface area contributed by atoms with Gasteiger partial charge in [-0.2, -0.15) is 0 Å². The molecule has 1 N–H and O–H groups in total. The van der Waals surface area contributed by atoms with Crippen molar-refractivity contribution in [3.8, 4) is 5.75 Å². The van der Waals surface area contributed by atoms with Gasteiger partial charge in [-0.25, -0.2) is 9.18 Å². The lowest BCUT2D eigenvalue weighted by molar-refractivity contribution is -0.00187. The van der Waals surface area contributed by atoms with Crippen LogP contribution in [0.4, 0.5) is 4.39 Å². The molecule has 0 atom stereocenters. The van der Waals surface area contributed by atoms with Gasteiger partial charge in [0.15, 0.2) is 11.6 Å². The molecule has 0 unspecified atom stereocenters. The van der Waals surface area contributed by atoms with Crippen LogP contribution in [-0.2, 0) is 0 Å². The van der Waals surface area contributed by atoms with E-state index in [2.05, 4.69) is 29.2 Å². The van der Waals surface area contributed by atoms with Crippen molar-refractivity contribution >= 4 is 5.97 Å². The van der Waals surface area contributed by atoms with E-state index in [1.165, 1.54) is 17.2 Å². The maximum atomic E-state index is 14.8. The molecule has 0 spiro atoms. The number of hydrogen-bond donors (Lipinski definition) is 1. The number of likely N-dealkylation sites (tertiary alicyclic amines) is 1. The first-order valence-corrected chi connectivity index (χ1v) is 10.7. The summed E-state index contributed by atoms with van der Waals surface area (Å²) in [6, 6.07) is 23.8. The molecule has 0 aromatic heterocycles. The maximum absolute atomic E-state index is 14.8. The third kappa shape index (κ3) is 4.06. The summed E-state index contributed by atoms with van der Waals surface area (Å²) in [5.74, 6) is -1.66. The second-order valence-corrected chi connectivity index (χ2v) is 8.38. The number of benzene rings is 3. The first-order chi connectivity index (χ1) is 15.1. The van der Waals surface area contributed by atoms with E-state index in [4.69, 9.17) is 4.74 Å². The summed E-state index contributed by atoms with van der Waals surface area (Å²) in [6.45, 7) is 1.29. The van der Waals surface area contributed by atoms with Crippen LogP contribution in [-0.4, -0.2) is 35.2 Å². The summed E-state index contributed by atoms with van der Waals surface area (Å²) in [4.78, 5) is 13.8. The van der Waals surface area contributed by atoms with Crippen molar-refractivity contribution in [1.82, 2.24) is 4.90 Å². The highest BCUT2D eigenvalue weighted by atomic mass is 19.1. The fourth-order valence-corrected chi connectivity index (χ4v) is 4.33. The number of hydrogen-bond acceptors (Lipinski definition) is 3. The van der Waals surface area contributed by atoms with Crippen molar-refractivity contribution < 1.29 is 19.0 Å². The molecule has 5 rings (SSSR count). The molecular weight excluding hydrogens is 393 g/mol. The standard InChI is InChI=1S/C26H24FNO3/c27-24-22(26(29)30)13-20(17-11-12-17)14-23(24)31-21-15-28(16-21)25(18-7-3-1-4-8-18)19-9-5-2-6-10-19/h1-10,13-14,17,21,25H,11-12,15-16H2,(H,29,30). The molecule has 0 amide bonds. The SMILES string of the molecule is O=C(O)c1cc(C2CC2)cc(OC2CN(C(c3ccccc3)c3ccccc3)C2)c1F. The molecule has 0 bridgehead atoms. The topological polar surface area (TPSA) is 49.8 Å². The Morgan fingerprint density at radius 2 is 1.55 bits per heavy atom. The predicted molar refractivity (Wildman–Crippen MR) is 116 cm³/mol. The largest absolute Gasteiger partial charge is 0.485 e. The van der Waals surface area contributed by atoms with Crippen LogP contribution < -0.4 is 4.74 Å². The van der Waals surface area contributed by atoms with Crippen molar-refractivity contribution in [2.75, 3.05) is 13.1 Å². The molecule has 158 valence electrons. The Morgan fingerprint density at radius 1 is 0.968 bits per heavy atom. The number of carboxylic acid groups (broad SMARTS) is 1. The molecule has 31 heavy (non-hydrogen) atoms. The number of halogens is 1. The summed E-state index contributed by atoms with van der Waals surface area (Å²) >= 11 is 0. The minimum Gasteiger partial charge on any atom is -0.485 e. The zero-order chi connectivity index (χ0) is 21.4. The average Bonchev–Trinajstić information content (AvgIpc) is 3.60. The van der Waals surface area contributed by atoms with Gasteiger partial charge in [0.05, 0.1) is 11.6 Å². The maximum Gasteiger partial charge on any atom is 0.338 e. The van der Waals surface area contributed by atoms with Gasteiger partial charge in [-0.05, 0) is 47.6 Å². The molecule has 5 heteroatoms. The van der Waals surface area contributed by atoms with E-state index in [1.54, 1.807) is 6.07 Å². The molecule has 1 saturated heterocycles. The highest BCUT2D eigenvalue weighted by molar-refractivity contribution is 5.89. The van der Waals surface area contributed by atoms with Crippen molar-refractivity contribution in [2.24, 2.45) is 0 Å². The first-order valence-electron chi connectivity index (χ1n) is 10.7. The van der Waals surface area contributed by atoms with Gasteiger partial charge in [-0.1, -0.05) is 60.7 Å². The molecule has 0 radical (unpaired) electrons. The quantitative estimate of drug-likeness (QED) is 0.570. The van der Waals surface area contributed by atoms with E-state index in [0.29, 0.717) is 19.0 Å². The Hall–Kier alpha value is -3.18. The fourth-order valence-electron chi connectivity index (χ4n) is 4.33. The van der Waals surface area contributed by atoms with Gasteiger partial charge in [0.2, 0.25) is 0 Å². The number of rotatable bonds is 7. The zero-order valence-corrected chi connectivity index (χ0v) is 17.1. The van der Waals surface area contributed by atoms with Gasteiger partial charge in [0.1, 0.15) is 6.10 Å². The zero-order valence-electron chi connectivity index (χ0n) is 17.1.